The summed E-state index contributed by atoms with van der Waals surface area (Å²) >= 11 is 3.42. The zero-order valence-corrected chi connectivity index (χ0v) is 10.3. The number of nitrogens with zero attached hydrogens (tertiary/aromatic N) is 3. The molecule has 0 unspecified atom stereocenters. The Bertz CT molecular complexity index is 497. The number of rotatable bonds is 3. The second kappa shape index (κ2) is 4.52. The van der Waals surface area contributed by atoms with Crippen molar-refractivity contribution < 1.29 is 4.74 Å². The second-order valence-electron chi connectivity index (χ2n) is 3.26. The SMILES string of the molecule is COc1ccc(Br)cc1Cn1cnc(N)n1. The fourth-order valence-corrected chi connectivity index (χ4v) is 1.84. The van der Waals surface area contributed by atoms with Gasteiger partial charge in [-0.3, -0.25) is 0 Å². The molecule has 84 valence electrons. The molecule has 0 saturated heterocycles. The van der Waals surface area contributed by atoms with Gasteiger partial charge in [0.05, 0.1) is 13.7 Å². The van der Waals surface area contributed by atoms with Crippen LogP contribution in [0.2, 0.25) is 0 Å². The van der Waals surface area contributed by atoms with Gasteiger partial charge >= 0.3 is 0 Å². The highest BCUT2D eigenvalue weighted by Crippen LogP contribution is 2.23. The van der Waals surface area contributed by atoms with Gasteiger partial charge in [-0.1, -0.05) is 15.9 Å². The standard InChI is InChI=1S/C10H11BrN4O/c1-16-9-3-2-8(11)4-7(9)5-15-6-13-10(12)14-15/h2-4,6H,5H2,1H3,(H2,12,14). The predicted molar refractivity (Wildman–Crippen MR) is 64.2 cm³/mol. The Hall–Kier alpha value is -1.56. The maximum absolute atomic E-state index is 5.45. The molecule has 0 aliphatic carbocycles. The van der Waals surface area contributed by atoms with E-state index in [-0.39, 0.29) is 5.95 Å². The molecule has 1 aromatic carbocycles. The number of ether oxygens (including phenoxy) is 1. The van der Waals surface area contributed by atoms with E-state index in [0.717, 1.165) is 15.8 Å². The largest absolute Gasteiger partial charge is 0.496 e. The molecule has 0 aliphatic heterocycles. The van der Waals surface area contributed by atoms with Crippen LogP contribution in [0, 0.1) is 0 Å². The minimum absolute atomic E-state index is 0.272. The average molecular weight is 283 g/mol. The Balaban J connectivity index is 2.29. The highest BCUT2D eigenvalue weighted by atomic mass is 79.9. The molecule has 0 amide bonds. The molecular weight excluding hydrogens is 272 g/mol. The molecule has 2 N–H and O–H groups in total. The van der Waals surface area contributed by atoms with Crippen LogP contribution in [-0.4, -0.2) is 21.9 Å². The summed E-state index contributed by atoms with van der Waals surface area (Å²) in [6.07, 6.45) is 1.59. The van der Waals surface area contributed by atoms with Crippen molar-refractivity contribution in [2.75, 3.05) is 12.8 Å². The van der Waals surface area contributed by atoms with Crippen molar-refractivity contribution in [3.63, 3.8) is 0 Å². The van der Waals surface area contributed by atoms with Crippen molar-refractivity contribution in [1.82, 2.24) is 14.8 Å². The first-order valence-electron chi connectivity index (χ1n) is 4.66. The third-order valence-electron chi connectivity index (χ3n) is 2.13. The first-order chi connectivity index (χ1) is 7.69. The highest BCUT2D eigenvalue weighted by molar-refractivity contribution is 9.10. The van der Waals surface area contributed by atoms with E-state index in [1.54, 1.807) is 18.1 Å². The van der Waals surface area contributed by atoms with Gasteiger partial charge in [0.2, 0.25) is 5.95 Å². The van der Waals surface area contributed by atoms with Crippen molar-refractivity contribution in [3.8, 4) is 5.75 Å². The normalized spacial score (nSPS) is 10.4. The molecule has 0 atom stereocenters. The number of hydrogen-bond acceptors (Lipinski definition) is 4. The summed E-state index contributed by atoms with van der Waals surface area (Å²) in [6.45, 7) is 0.576. The van der Waals surface area contributed by atoms with Gasteiger partial charge in [-0.2, -0.15) is 0 Å². The van der Waals surface area contributed by atoms with Crippen molar-refractivity contribution in [2.24, 2.45) is 0 Å². The Morgan fingerprint density at radius 1 is 1.50 bits per heavy atom. The lowest BCUT2D eigenvalue weighted by Gasteiger charge is -2.08. The Morgan fingerprint density at radius 3 is 2.94 bits per heavy atom. The minimum atomic E-state index is 0.272. The number of anilines is 1. The van der Waals surface area contributed by atoms with Crippen molar-refractivity contribution in [3.05, 3.63) is 34.6 Å². The third-order valence-corrected chi connectivity index (χ3v) is 2.62. The fourth-order valence-electron chi connectivity index (χ4n) is 1.43. The van der Waals surface area contributed by atoms with Gasteiger partial charge in [0.15, 0.2) is 0 Å². The second-order valence-corrected chi connectivity index (χ2v) is 4.17. The van der Waals surface area contributed by atoms with Gasteiger partial charge in [-0.15, -0.1) is 5.10 Å². The molecule has 2 rings (SSSR count). The summed E-state index contributed by atoms with van der Waals surface area (Å²) in [4.78, 5) is 3.87. The lowest BCUT2D eigenvalue weighted by atomic mass is 10.2. The van der Waals surface area contributed by atoms with E-state index in [1.807, 2.05) is 18.2 Å². The summed E-state index contributed by atoms with van der Waals surface area (Å²) in [5.74, 6) is 1.09. The highest BCUT2D eigenvalue weighted by Gasteiger charge is 2.05. The molecule has 0 bridgehead atoms. The molecule has 6 heteroatoms. The van der Waals surface area contributed by atoms with Gasteiger partial charge in [0, 0.05) is 10.0 Å². The maximum atomic E-state index is 5.45. The summed E-state index contributed by atoms with van der Waals surface area (Å²) in [7, 11) is 1.64. The number of halogens is 1. The Labute approximate surface area is 101 Å². The van der Waals surface area contributed by atoms with E-state index in [1.165, 1.54) is 0 Å². The molecule has 0 fully saturated rings. The minimum Gasteiger partial charge on any atom is -0.496 e. The van der Waals surface area contributed by atoms with Gasteiger partial charge in [0.1, 0.15) is 12.1 Å². The van der Waals surface area contributed by atoms with Crippen LogP contribution in [0.1, 0.15) is 5.56 Å². The first-order valence-corrected chi connectivity index (χ1v) is 5.45. The molecule has 0 radical (unpaired) electrons. The number of methoxy groups -OCH3 is 1. The topological polar surface area (TPSA) is 66.0 Å². The predicted octanol–water partition coefficient (Wildman–Crippen LogP) is 1.68. The van der Waals surface area contributed by atoms with E-state index in [0.29, 0.717) is 6.54 Å². The zero-order valence-electron chi connectivity index (χ0n) is 8.72. The fraction of sp³-hybridized carbons (Fsp3) is 0.200. The lowest BCUT2D eigenvalue weighted by Crippen LogP contribution is -2.03. The Morgan fingerprint density at radius 2 is 2.31 bits per heavy atom. The first kappa shape index (κ1) is 10.9. The van der Waals surface area contributed by atoms with Gasteiger partial charge in [-0.25, -0.2) is 9.67 Å². The quantitative estimate of drug-likeness (QED) is 0.930. The molecule has 0 saturated carbocycles. The number of benzene rings is 1. The van der Waals surface area contributed by atoms with Crippen LogP contribution >= 0.6 is 15.9 Å². The molecule has 16 heavy (non-hydrogen) atoms. The summed E-state index contributed by atoms with van der Waals surface area (Å²) in [6, 6.07) is 5.81. The lowest BCUT2D eigenvalue weighted by molar-refractivity contribution is 0.407. The zero-order chi connectivity index (χ0) is 11.5. The number of aromatic nitrogens is 3. The summed E-state index contributed by atoms with van der Waals surface area (Å²) in [5, 5.41) is 4.02. The van der Waals surface area contributed by atoms with Gasteiger partial charge < -0.3 is 10.5 Å². The van der Waals surface area contributed by atoms with Gasteiger partial charge in [-0.05, 0) is 18.2 Å². The van der Waals surface area contributed by atoms with Gasteiger partial charge in [0.25, 0.3) is 0 Å². The number of hydrogen-bond donors (Lipinski definition) is 1. The van der Waals surface area contributed by atoms with Crippen LogP contribution in [0.3, 0.4) is 0 Å². The van der Waals surface area contributed by atoms with E-state index >= 15 is 0 Å². The average Bonchev–Trinajstić information content (AvgIpc) is 2.64. The molecule has 1 heterocycles. The molecule has 2 aromatic rings. The van der Waals surface area contributed by atoms with E-state index in [4.69, 9.17) is 10.5 Å². The summed E-state index contributed by atoms with van der Waals surface area (Å²) in [5.41, 5.74) is 6.46. The number of nitrogen functional groups attached to an aromatic ring is 1. The molecule has 1 aromatic heterocycles. The maximum Gasteiger partial charge on any atom is 0.239 e. The van der Waals surface area contributed by atoms with Crippen LogP contribution in [0.5, 0.6) is 5.75 Å². The van der Waals surface area contributed by atoms with Crippen molar-refractivity contribution >= 4 is 21.9 Å². The number of nitrogens with two attached hydrogens (primary N) is 1. The van der Waals surface area contributed by atoms with E-state index < -0.39 is 0 Å². The van der Waals surface area contributed by atoms with Crippen molar-refractivity contribution in [2.45, 2.75) is 6.54 Å². The monoisotopic (exact) mass is 282 g/mol. The van der Waals surface area contributed by atoms with Crippen LogP contribution in [0.25, 0.3) is 0 Å². The van der Waals surface area contributed by atoms with Crippen LogP contribution in [-0.2, 0) is 6.54 Å². The molecule has 0 spiro atoms. The third kappa shape index (κ3) is 2.33. The van der Waals surface area contributed by atoms with E-state index in [9.17, 15) is 0 Å². The molecule has 0 aliphatic rings. The van der Waals surface area contributed by atoms with E-state index in [2.05, 4.69) is 26.0 Å². The smallest absolute Gasteiger partial charge is 0.239 e. The molecular formula is C10H11BrN4O. The summed E-state index contributed by atoms with van der Waals surface area (Å²) < 4.78 is 7.93. The molecule has 5 nitrogen and oxygen atoms in total. The Kier molecular flexibility index (Phi) is 3.09. The van der Waals surface area contributed by atoms with Crippen LogP contribution in [0.4, 0.5) is 5.95 Å². The van der Waals surface area contributed by atoms with Crippen LogP contribution in [0.15, 0.2) is 29.0 Å². The van der Waals surface area contributed by atoms with Crippen molar-refractivity contribution in [1.29, 1.82) is 0 Å². The van der Waals surface area contributed by atoms with Crippen LogP contribution < -0.4 is 10.5 Å².